The van der Waals surface area contributed by atoms with Crippen molar-refractivity contribution in [1.29, 1.82) is 0 Å². The Bertz CT molecular complexity index is 1330. The van der Waals surface area contributed by atoms with Gasteiger partial charge < -0.3 is 19.3 Å². The van der Waals surface area contributed by atoms with Gasteiger partial charge in [0.15, 0.2) is 0 Å². The number of benzene rings is 4. The molecule has 6 nitrogen and oxygen atoms in total. The quantitative estimate of drug-likeness (QED) is 0.269. The number of para-hydroxylation sites is 2. The third-order valence-electron chi connectivity index (χ3n) is 6.43. The molecule has 1 N–H and O–H groups in total. The van der Waals surface area contributed by atoms with Gasteiger partial charge in [-0.1, -0.05) is 72.8 Å². The predicted octanol–water partition coefficient (Wildman–Crippen LogP) is 5.95. The van der Waals surface area contributed by atoms with E-state index in [0.29, 0.717) is 11.5 Å². The van der Waals surface area contributed by atoms with E-state index in [1.54, 1.807) is 19.2 Å². The molecule has 0 heterocycles. The molecule has 0 radical (unpaired) electrons. The van der Waals surface area contributed by atoms with Gasteiger partial charge in [-0.15, -0.1) is 0 Å². The first-order valence-corrected chi connectivity index (χ1v) is 11.7. The van der Waals surface area contributed by atoms with Gasteiger partial charge in [0.05, 0.1) is 26.1 Å². The van der Waals surface area contributed by atoms with Gasteiger partial charge in [0.1, 0.15) is 17.2 Å². The Morgan fingerprint density at radius 3 is 2.06 bits per heavy atom. The highest BCUT2D eigenvalue weighted by molar-refractivity contribution is 5.91. The monoisotopic (exact) mass is 484 g/mol. The standard InChI is InChI=1S/C23H20O5.C7H8O/c1-27-19-11-5-4-10-16(19)21-17(22(24)25)13-18(21)23(26)28-20-12-6-8-14-7-2-3-9-15(14)20;1-8-7-5-3-2-4-6-7/h2-12,17-18,21H,13H2,1H3,(H,24,25);2-6H,1H3/t17-,18+,21-;/m0./s1. The van der Waals surface area contributed by atoms with Crippen LogP contribution in [0.15, 0.2) is 97.1 Å². The molecule has 6 heteroatoms. The number of rotatable bonds is 6. The van der Waals surface area contributed by atoms with Crippen LogP contribution in [-0.2, 0) is 9.59 Å². The fourth-order valence-electron chi connectivity index (χ4n) is 4.55. The zero-order chi connectivity index (χ0) is 25.5. The Kier molecular flexibility index (Phi) is 7.85. The molecular formula is C30H28O6. The second-order valence-electron chi connectivity index (χ2n) is 8.47. The number of esters is 1. The van der Waals surface area contributed by atoms with Crippen LogP contribution in [0.3, 0.4) is 0 Å². The first kappa shape index (κ1) is 24.8. The summed E-state index contributed by atoms with van der Waals surface area (Å²) in [7, 11) is 3.20. The van der Waals surface area contributed by atoms with Crippen molar-refractivity contribution in [3.63, 3.8) is 0 Å². The van der Waals surface area contributed by atoms with Crippen molar-refractivity contribution in [2.24, 2.45) is 11.8 Å². The molecule has 36 heavy (non-hydrogen) atoms. The molecule has 0 spiro atoms. The Morgan fingerprint density at radius 1 is 0.722 bits per heavy atom. The Hall–Kier alpha value is -4.32. The molecule has 0 aromatic heterocycles. The average molecular weight is 485 g/mol. The summed E-state index contributed by atoms with van der Waals surface area (Å²) in [5, 5.41) is 11.4. The maximum absolute atomic E-state index is 12.9. The largest absolute Gasteiger partial charge is 0.497 e. The molecule has 1 saturated carbocycles. The summed E-state index contributed by atoms with van der Waals surface area (Å²) in [4.78, 5) is 24.6. The molecule has 1 aliphatic carbocycles. The summed E-state index contributed by atoms with van der Waals surface area (Å²) in [6.45, 7) is 0. The molecule has 184 valence electrons. The van der Waals surface area contributed by atoms with Crippen molar-refractivity contribution >= 4 is 22.7 Å². The minimum Gasteiger partial charge on any atom is -0.497 e. The van der Waals surface area contributed by atoms with Crippen LogP contribution >= 0.6 is 0 Å². The van der Waals surface area contributed by atoms with Gasteiger partial charge in [0, 0.05) is 11.3 Å². The van der Waals surface area contributed by atoms with E-state index in [1.165, 1.54) is 7.11 Å². The second-order valence-corrected chi connectivity index (χ2v) is 8.47. The van der Waals surface area contributed by atoms with Gasteiger partial charge in [0.2, 0.25) is 0 Å². The van der Waals surface area contributed by atoms with Crippen LogP contribution in [0.1, 0.15) is 17.9 Å². The molecule has 1 aliphatic rings. The SMILES string of the molecule is COc1ccccc1.COc1ccccc1[C@H]1[C@@H](C(=O)O)C[C@H]1C(=O)Oc1cccc2ccccc12. The molecule has 5 rings (SSSR count). The first-order valence-electron chi connectivity index (χ1n) is 11.7. The number of carbonyl (C=O) groups excluding carboxylic acids is 1. The number of carboxylic acid groups (broad SMARTS) is 1. The minimum atomic E-state index is -0.912. The number of hydrogen-bond donors (Lipinski definition) is 1. The first-order chi connectivity index (χ1) is 17.5. The highest BCUT2D eigenvalue weighted by atomic mass is 16.5. The van der Waals surface area contributed by atoms with E-state index >= 15 is 0 Å². The molecule has 1 fully saturated rings. The summed E-state index contributed by atoms with van der Waals surface area (Å²) < 4.78 is 16.0. The van der Waals surface area contributed by atoms with Gasteiger partial charge in [0.25, 0.3) is 0 Å². The van der Waals surface area contributed by atoms with E-state index in [2.05, 4.69) is 0 Å². The van der Waals surface area contributed by atoms with Crippen molar-refractivity contribution in [2.75, 3.05) is 14.2 Å². The Labute approximate surface area is 210 Å². The highest BCUT2D eigenvalue weighted by Crippen LogP contribution is 2.51. The third kappa shape index (κ3) is 5.33. The van der Waals surface area contributed by atoms with Crippen LogP contribution in [0.4, 0.5) is 0 Å². The molecule has 0 amide bonds. The number of aliphatic carboxylic acids is 1. The number of carbonyl (C=O) groups is 2. The molecule has 0 bridgehead atoms. The molecule has 0 aliphatic heterocycles. The minimum absolute atomic E-state index is 0.252. The summed E-state index contributed by atoms with van der Waals surface area (Å²) in [5.74, 6) is -0.988. The van der Waals surface area contributed by atoms with Crippen molar-refractivity contribution in [3.8, 4) is 17.2 Å². The highest BCUT2D eigenvalue weighted by Gasteiger charge is 2.51. The van der Waals surface area contributed by atoms with Crippen LogP contribution in [0.25, 0.3) is 10.8 Å². The number of carboxylic acids is 1. The van der Waals surface area contributed by atoms with Gasteiger partial charge in [-0.05, 0) is 41.6 Å². The smallest absolute Gasteiger partial charge is 0.315 e. The molecule has 0 unspecified atom stereocenters. The van der Waals surface area contributed by atoms with Crippen molar-refractivity contribution in [2.45, 2.75) is 12.3 Å². The maximum atomic E-state index is 12.9. The van der Waals surface area contributed by atoms with Crippen molar-refractivity contribution in [3.05, 3.63) is 103 Å². The van der Waals surface area contributed by atoms with Crippen LogP contribution in [0.5, 0.6) is 17.2 Å². The summed E-state index contributed by atoms with van der Waals surface area (Å²) in [6.07, 6.45) is 0.252. The van der Waals surface area contributed by atoms with E-state index in [4.69, 9.17) is 14.2 Å². The average Bonchev–Trinajstić information content (AvgIpc) is 2.89. The number of ether oxygens (including phenoxy) is 3. The molecule has 4 aromatic carbocycles. The predicted molar refractivity (Wildman–Crippen MR) is 138 cm³/mol. The van der Waals surface area contributed by atoms with Crippen molar-refractivity contribution in [1.82, 2.24) is 0 Å². The second kappa shape index (κ2) is 11.4. The van der Waals surface area contributed by atoms with E-state index in [9.17, 15) is 14.7 Å². The number of hydrogen-bond acceptors (Lipinski definition) is 5. The normalized spacial score (nSPS) is 18.2. The maximum Gasteiger partial charge on any atom is 0.315 e. The summed E-state index contributed by atoms with van der Waals surface area (Å²) >= 11 is 0. The van der Waals surface area contributed by atoms with E-state index in [1.807, 2.05) is 84.9 Å². The van der Waals surface area contributed by atoms with Crippen LogP contribution in [0, 0.1) is 11.8 Å². The fourth-order valence-corrected chi connectivity index (χ4v) is 4.55. The van der Waals surface area contributed by atoms with Gasteiger partial charge in [-0.25, -0.2) is 0 Å². The Morgan fingerprint density at radius 2 is 1.36 bits per heavy atom. The van der Waals surface area contributed by atoms with Gasteiger partial charge in [-0.3, -0.25) is 9.59 Å². The lowest BCUT2D eigenvalue weighted by Crippen LogP contribution is -2.45. The lowest BCUT2D eigenvalue weighted by atomic mass is 9.61. The zero-order valence-electron chi connectivity index (χ0n) is 20.2. The van der Waals surface area contributed by atoms with Gasteiger partial charge in [-0.2, -0.15) is 0 Å². The van der Waals surface area contributed by atoms with E-state index in [-0.39, 0.29) is 6.42 Å². The summed E-state index contributed by atoms with van der Waals surface area (Å²) in [5.41, 5.74) is 0.725. The topological polar surface area (TPSA) is 82.1 Å². The van der Waals surface area contributed by atoms with Crippen LogP contribution < -0.4 is 14.2 Å². The van der Waals surface area contributed by atoms with Crippen LogP contribution in [-0.4, -0.2) is 31.3 Å². The number of fused-ring (bicyclic) bond motifs is 1. The lowest BCUT2D eigenvalue weighted by molar-refractivity contribution is -0.155. The van der Waals surface area contributed by atoms with Gasteiger partial charge >= 0.3 is 11.9 Å². The van der Waals surface area contributed by atoms with E-state index < -0.39 is 29.7 Å². The molecule has 3 atom stereocenters. The summed E-state index contributed by atoms with van der Waals surface area (Å²) in [6, 6.07) is 30.1. The lowest BCUT2D eigenvalue weighted by Gasteiger charge is -2.41. The molecule has 0 saturated heterocycles. The van der Waals surface area contributed by atoms with E-state index in [0.717, 1.165) is 22.1 Å². The fraction of sp³-hybridized carbons (Fsp3) is 0.200. The number of methoxy groups -OCH3 is 2. The molecule has 4 aromatic rings. The van der Waals surface area contributed by atoms with Crippen LogP contribution in [0.2, 0.25) is 0 Å². The zero-order valence-corrected chi connectivity index (χ0v) is 20.2. The van der Waals surface area contributed by atoms with Crippen molar-refractivity contribution < 1.29 is 28.9 Å². The third-order valence-corrected chi connectivity index (χ3v) is 6.43. The Balaban J connectivity index is 0.000000325. The molecular weight excluding hydrogens is 456 g/mol.